The first-order valence-corrected chi connectivity index (χ1v) is 5.26. The van der Waals surface area contributed by atoms with Gasteiger partial charge in [-0.25, -0.2) is 0 Å². The number of carbonyl (C=O) groups is 1. The van der Waals surface area contributed by atoms with Crippen LogP contribution in [-0.4, -0.2) is 5.91 Å². The zero-order chi connectivity index (χ0) is 10.4. The minimum absolute atomic E-state index is 0.0748. The van der Waals surface area contributed by atoms with Gasteiger partial charge in [0, 0.05) is 17.0 Å². The van der Waals surface area contributed by atoms with E-state index in [9.17, 15) is 4.79 Å². The molecule has 0 aliphatic heterocycles. The topological polar surface area (TPSA) is 29.1 Å². The first kappa shape index (κ1) is 11.1. The molecule has 1 N–H and O–H groups in total. The largest absolute Gasteiger partial charge is 0.326 e. The van der Waals surface area contributed by atoms with Crippen molar-refractivity contribution in [3.05, 3.63) is 24.3 Å². The summed E-state index contributed by atoms with van der Waals surface area (Å²) in [4.78, 5) is 12.2. The number of nitrogens with one attached hydrogen (secondary N) is 1. The quantitative estimate of drug-likeness (QED) is 0.733. The summed E-state index contributed by atoms with van der Waals surface area (Å²) in [6, 6.07) is 7.46. The van der Waals surface area contributed by atoms with Gasteiger partial charge in [0.25, 0.3) is 0 Å². The second kappa shape index (κ2) is 5.70. The third kappa shape index (κ3) is 3.83. The van der Waals surface area contributed by atoms with E-state index in [1.807, 2.05) is 24.3 Å². The number of anilines is 1. The maximum Gasteiger partial charge on any atom is 0.224 e. The monoisotopic (exact) mass is 209 g/mol. The molecule has 0 saturated heterocycles. The minimum Gasteiger partial charge on any atom is -0.326 e. The molecule has 1 aromatic carbocycles. The maximum absolute atomic E-state index is 11.3. The van der Waals surface area contributed by atoms with E-state index in [0.717, 1.165) is 23.4 Å². The molecule has 14 heavy (non-hydrogen) atoms. The number of benzene rings is 1. The Labute approximate surface area is 90.1 Å². The number of unbranched alkanes of at least 4 members (excludes halogenated alkanes) is 1. The van der Waals surface area contributed by atoms with Crippen LogP contribution in [0.3, 0.4) is 0 Å². The van der Waals surface area contributed by atoms with Gasteiger partial charge < -0.3 is 5.32 Å². The van der Waals surface area contributed by atoms with Crippen molar-refractivity contribution in [2.24, 2.45) is 0 Å². The second-order valence-electron chi connectivity index (χ2n) is 3.20. The molecule has 0 aromatic heterocycles. The van der Waals surface area contributed by atoms with E-state index in [1.54, 1.807) is 0 Å². The van der Waals surface area contributed by atoms with Gasteiger partial charge in [-0.05, 0) is 24.6 Å². The van der Waals surface area contributed by atoms with Gasteiger partial charge in [0.1, 0.15) is 0 Å². The van der Waals surface area contributed by atoms with Crippen LogP contribution in [0.2, 0.25) is 0 Å². The van der Waals surface area contributed by atoms with Crippen LogP contribution in [0.5, 0.6) is 0 Å². The Balaban J connectivity index is 2.47. The molecule has 0 spiro atoms. The zero-order valence-electron chi connectivity index (χ0n) is 8.29. The molecular formula is C11H15NOS. The molecule has 0 heterocycles. The lowest BCUT2D eigenvalue weighted by atomic mass is 10.2. The lowest BCUT2D eigenvalue weighted by Crippen LogP contribution is -2.10. The van der Waals surface area contributed by atoms with Crippen LogP contribution in [0, 0.1) is 0 Å². The molecule has 76 valence electrons. The summed E-state index contributed by atoms with van der Waals surface area (Å²) in [6.07, 6.45) is 2.57. The van der Waals surface area contributed by atoms with Crippen LogP contribution in [0.15, 0.2) is 29.2 Å². The van der Waals surface area contributed by atoms with Crippen molar-refractivity contribution in [2.75, 3.05) is 5.32 Å². The van der Waals surface area contributed by atoms with Crippen molar-refractivity contribution in [3.63, 3.8) is 0 Å². The molecule has 0 aliphatic carbocycles. The van der Waals surface area contributed by atoms with E-state index in [1.165, 1.54) is 0 Å². The van der Waals surface area contributed by atoms with Crippen molar-refractivity contribution >= 4 is 24.2 Å². The lowest BCUT2D eigenvalue weighted by Gasteiger charge is -2.04. The molecule has 1 rings (SSSR count). The number of hydrogen-bond donors (Lipinski definition) is 2. The predicted octanol–water partition coefficient (Wildman–Crippen LogP) is 3.10. The summed E-state index contributed by atoms with van der Waals surface area (Å²) in [5.74, 6) is 0.0748. The van der Waals surface area contributed by atoms with E-state index in [2.05, 4.69) is 24.9 Å². The molecule has 1 amide bonds. The number of thiol groups is 1. The Morgan fingerprint density at radius 2 is 2.29 bits per heavy atom. The summed E-state index contributed by atoms with van der Waals surface area (Å²) < 4.78 is 0. The Morgan fingerprint density at radius 1 is 1.50 bits per heavy atom. The van der Waals surface area contributed by atoms with Crippen LogP contribution in [0.1, 0.15) is 26.2 Å². The molecule has 0 fully saturated rings. The van der Waals surface area contributed by atoms with E-state index in [-0.39, 0.29) is 5.91 Å². The number of carbonyl (C=O) groups excluding carboxylic acids is 1. The predicted molar refractivity (Wildman–Crippen MR) is 61.8 cm³/mol. The van der Waals surface area contributed by atoms with Gasteiger partial charge >= 0.3 is 0 Å². The minimum atomic E-state index is 0.0748. The molecule has 1 aromatic rings. The Kier molecular flexibility index (Phi) is 4.53. The van der Waals surface area contributed by atoms with Crippen LogP contribution in [0.25, 0.3) is 0 Å². The van der Waals surface area contributed by atoms with Crippen LogP contribution < -0.4 is 5.32 Å². The Morgan fingerprint density at radius 3 is 2.93 bits per heavy atom. The fourth-order valence-electron chi connectivity index (χ4n) is 1.14. The first-order chi connectivity index (χ1) is 6.72. The second-order valence-corrected chi connectivity index (χ2v) is 3.72. The normalized spacial score (nSPS) is 9.86. The van der Waals surface area contributed by atoms with Crippen molar-refractivity contribution in [3.8, 4) is 0 Å². The number of amides is 1. The number of rotatable bonds is 4. The van der Waals surface area contributed by atoms with Crippen molar-refractivity contribution in [2.45, 2.75) is 31.1 Å². The van der Waals surface area contributed by atoms with E-state index in [0.29, 0.717) is 6.42 Å². The third-order valence-electron chi connectivity index (χ3n) is 1.89. The van der Waals surface area contributed by atoms with Gasteiger partial charge in [0.2, 0.25) is 5.91 Å². The molecule has 0 unspecified atom stereocenters. The highest BCUT2D eigenvalue weighted by Gasteiger charge is 2.00. The lowest BCUT2D eigenvalue weighted by molar-refractivity contribution is -0.116. The fraction of sp³-hybridized carbons (Fsp3) is 0.364. The van der Waals surface area contributed by atoms with E-state index < -0.39 is 0 Å². The van der Waals surface area contributed by atoms with E-state index in [4.69, 9.17) is 0 Å². The van der Waals surface area contributed by atoms with Crippen LogP contribution in [0.4, 0.5) is 5.69 Å². The molecule has 0 bridgehead atoms. The molecule has 2 nitrogen and oxygen atoms in total. The van der Waals surface area contributed by atoms with Gasteiger partial charge in [0.15, 0.2) is 0 Å². The van der Waals surface area contributed by atoms with Gasteiger partial charge in [-0.2, -0.15) is 0 Å². The number of hydrogen-bond acceptors (Lipinski definition) is 2. The SMILES string of the molecule is CCCCC(=O)Nc1cccc(S)c1. The summed E-state index contributed by atoms with van der Waals surface area (Å²) in [5, 5.41) is 2.83. The molecule has 0 atom stereocenters. The van der Waals surface area contributed by atoms with Gasteiger partial charge in [0.05, 0.1) is 0 Å². The maximum atomic E-state index is 11.3. The van der Waals surface area contributed by atoms with Crippen molar-refractivity contribution in [1.82, 2.24) is 0 Å². The Bertz CT molecular complexity index is 312. The molecule has 0 saturated carbocycles. The summed E-state index contributed by atoms with van der Waals surface area (Å²) >= 11 is 4.20. The van der Waals surface area contributed by atoms with Gasteiger partial charge in [-0.1, -0.05) is 19.4 Å². The Hall–Kier alpha value is -0.960. The fourth-order valence-corrected chi connectivity index (χ4v) is 1.37. The highest BCUT2D eigenvalue weighted by Crippen LogP contribution is 2.13. The summed E-state index contributed by atoms with van der Waals surface area (Å²) in [6.45, 7) is 2.07. The average molecular weight is 209 g/mol. The van der Waals surface area contributed by atoms with Crippen molar-refractivity contribution < 1.29 is 4.79 Å². The van der Waals surface area contributed by atoms with Gasteiger partial charge in [-0.15, -0.1) is 12.6 Å². The van der Waals surface area contributed by atoms with Crippen LogP contribution in [-0.2, 0) is 4.79 Å². The molecular weight excluding hydrogens is 194 g/mol. The smallest absolute Gasteiger partial charge is 0.224 e. The zero-order valence-corrected chi connectivity index (χ0v) is 9.18. The highest BCUT2D eigenvalue weighted by atomic mass is 32.1. The average Bonchev–Trinajstić information content (AvgIpc) is 2.15. The third-order valence-corrected chi connectivity index (χ3v) is 2.17. The van der Waals surface area contributed by atoms with Gasteiger partial charge in [-0.3, -0.25) is 4.79 Å². The first-order valence-electron chi connectivity index (χ1n) is 4.81. The standard InChI is InChI=1S/C11H15NOS/c1-2-3-7-11(13)12-9-5-4-6-10(14)8-9/h4-6,8,14H,2-3,7H2,1H3,(H,12,13). The van der Waals surface area contributed by atoms with Crippen LogP contribution >= 0.6 is 12.6 Å². The molecule has 3 heteroatoms. The highest BCUT2D eigenvalue weighted by molar-refractivity contribution is 7.80. The van der Waals surface area contributed by atoms with Crippen molar-refractivity contribution in [1.29, 1.82) is 0 Å². The molecule has 0 aliphatic rings. The summed E-state index contributed by atoms with van der Waals surface area (Å²) in [7, 11) is 0. The molecule has 0 radical (unpaired) electrons. The van der Waals surface area contributed by atoms with E-state index >= 15 is 0 Å². The summed E-state index contributed by atoms with van der Waals surface area (Å²) in [5.41, 5.74) is 0.818.